The summed E-state index contributed by atoms with van der Waals surface area (Å²) in [4.78, 5) is 11.6. The molecule has 0 spiro atoms. The average Bonchev–Trinajstić information content (AvgIpc) is 2.37. The van der Waals surface area contributed by atoms with Crippen molar-refractivity contribution in [2.75, 3.05) is 7.11 Å². The number of rotatable bonds is 3. The van der Waals surface area contributed by atoms with Crippen molar-refractivity contribution in [1.82, 2.24) is 10.6 Å². The molecule has 5 nitrogen and oxygen atoms in total. The minimum atomic E-state index is -0.471. The Bertz CT molecular complexity index is 552. The molecule has 100 valence electrons. The third-order valence-corrected chi connectivity index (χ3v) is 3.20. The molecule has 0 fully saturated rings. The molecule has 0 aromatic heterocycles. The minimum Gasteiger partial charge on any atom is -0.497 e. The molecule has 1 heterocycles. The SMILES string of the molecule is COc1ccc([C@@H]2NC(=S)NC(C)=C2C(N)=O)cc1. The largest absolute Gasteiger partial charge is 0.497 e. The van der Waals surface area contributed by atoms with Crippen molar-refractivity contribution in [3.63, 3.8) is 0 Å². The smallest absolute Gasteiger partial charge is 0.248 e. The first-order chi connectivity index (χ1) is 9.02. The Morgan fingerprint density at radius 1 is 1.37 bits per heavy atom. The quantitative estimate of drug-likeness (QED) is 0.718. The summed E-state index contributed by atoms with van der Waals surface area (Å²) in [5.41, 5.74) is 7.51. The van der Waals surface area contributed by atoms with Crippen molar-refractivity contribution in [3.8, 4) is 5.75 Å². The molecule has 0 saturated carbocycles. The maximum absolute atomic E-state index is 11.6. The van der Waals surface area contributed by atoms with Crippen molar-refractivity contribution in [2.45, 2.75) is 13.0 Å². The van der Waals surface area contributed by atoms with E-state index in [1.54, 1.807) is 14.0 Å². The number of hydrogen-bond donors (Lipinski definition) is 3. The van der Waals surface area contributed by atoms with Crippen LogP contribution in [0.3, 0.4) is 0 Å². The molecule has 1 aromatic carbocycles. The van der Waals surface area contributed by atoms with Crippen LogP contribution in [0.1, 0.15) is 18.5 Å². The van der Waals surface area contributed by atoms with E-state index in [2.05, 4.69) is 10.6 Å². The van der Waals surface area contributed by atoms with Gasteiger partial charge in [0.1, 0.15) is 5.75 Å². The van der Waals surface area contributed by atoms with Gasteiger partial charge in [0.2, 0.25) is 5.91 Å². The van der Waals surface area contributed by atoms with Gasteiger partial charge in [-0.3, -0.25) is 4.79 Å². The number of nitrogens with one attached hydrogen (secondary N) is 2. The summed E-state index contributed by atoms with van der Waals surface area (Å²) in [5.74, 6) is 0.280. The Hall–Kier alpha value is -2.08. The first-order valence-corrected chi connectivity index (χ1v) is 6.15. The molecule has 1 atom stereocenters. The number of allylic oxidation sites excluding steroid dienone is 1. The van der Waals surface area contributed by atoms with Gasteiger partial charge in [-0.25, -0.2) is 0 Å². The van der Waals surface area contributed by atoms with Gasteiger partial charge in [-0.1, -0.05) is 12.1 Å². The van der Waals surface area contributed by atoms with E-state index < -0.39 is 5.91 Å². The Morgan fingerprint density at radius 2 is 2.00 bits per heavy atom. The number of hydrogen-bond acceptors (Lipinski definition) is 3. The molecule has 0 aliphatic carbocycles. The zero-order valence-corrected chi connectivity index (χ0v) is 11.5. The number of amides is 1. The lowest BCUT2D eigenvalue weighted by atomic mass is 9.95. The molecule has 6 heteroatoms. The van der Waals surface area contributed by atoms with E-state index in [4.69, 9.17) is 22.7 Å². The molecule has 0 bridgehead atoms. The second kappa shape index (κ2) is 5.27. The highest BCUT2D eigenvalue weighted by atomic mass is 32.1. The summed E-state index contributed by atoms with van der Waals surface area (Å²) in [6.45, 7) is 1.78. The van der Waals surface area contributed by atoms with Gasteiger partial charge in [0.25, 0.3) is 0 Å². The van der Waals surface area contributed by atoms with Crippen LogP contribution in [0, 0.1) is 0 Å². The predicted molar refractivity (Wildman–Crippen MR) is 76.5 cm³/mol. The van der Waals surface area contributed by atoms with Gasteiger partial charge in [-0.2, -0.15) is 0 Å². The Morgan fingerprint density at radius 3 is 2.53 bits per heavy atom. The van der Waals surface area contributed by atoms with E-state index in [1.165, 1.54) is 0 Å². The fraction of sp³-hybridized carbons (Fsp3) is 0.231. The van der Waals surface area contributed by atoms with Crippen molar-refractivity contribution in [2.24, 2.45) is 5.73 Å². The molecule has 4 N–H and O–H groups in total. The molecule has 1 aliphatic heterocycles. The first-order valence-electron chi connectivity index (χ1n) is 5.75. The predicted octanol–water partition coefficient (Wildman–Crippen LogP) is 0.973. The lowest BCUT2D eigenvalue weighted by molar-refractivity contribution is -0.115. The molecule has 0 radical (unpaired) electrons. The molecular weight excluding hydrogens is 262 g/mol. The van der Waals surface area contributed by atoms with Gasteiger partial charge in [0.15, 0.2) is 5.11 Å². The number of ether oxygens (including phenoxy) is 1. The van der Waals surface area contributed by atoms with Crippen LogP contribution >= 0.6 is 12.2 Å². The van der Waals surface area contributed by atoms with E-state index in [-0.39, 0.29) is 6.04 Å². The van der Waals surface area contributed by atoms with Crippen LogP contribution in [-0.4, -0.2) is 18.1 Å². The van der Waals surface area contributed by atoms with Crippen LogP contribution in [0.15, 0.2) is 35.5 Å². The average molecular weight is 277 g/mol. The molecular formula is C13H15N3O2S. The number of nitrogens with two attached hydrogens (primary N) is 1. The van der Waals surface area contributed by atoms with Crippen LogP contribution in [0.5, 0.6) is 5.75 Å². The van der Waals surface area contributed by atoms with E-state index >= 15 is 0 Å². The van der Waals surface area contributed by atoms with Gasteiger partial charge in [0, 0.05) is 5.70 Å². The molecule has 1 aliphatic rings. The number of thiocarbonyl (C=S) groups is 1. The molecule has 1 amide bonds. The van der Waals surface area contributed by atoms with Crippen LogP contribution in [-0.2, 0) is 4.79 Å². The number of carbonyl (C=O) groups is 1. The zero-order valence-electron chi connectivity index (χ0n) is 10.7. The molecule has 2 rings (SSSR count). The number of benzene rings is 1. The van der Waals surface area contributed by atoms with Crippen LogP contribution in [0.25, 0.3) is 0 Å². The summed E-state index contributed by atoms with van der Waals surface area (Å²) in [6.07, 6.45) is 0. The van der Waals surface area contributed by atoms with Crippen molar-refractivity contribution >= 4 is 23.2 Å². The van der Waals surface area contributed by atoms with Gasteiger partial charge in [0.05, 0.1) is 18.7 Å². The summed E-state index contributed by atoms with van der Waals surface area (Å²) in [7, 11) is 1.60. The van der Waals surface area contributed by atoms with Gasteiger partial charge < -0.3 is 21.1 Å². The van der Waals surface area contributed by atoms with E-state index in [9.17, 15) is 4.79 Å². The second-order valence-electron chi connectivity index (χ2n) is 4.21. The third-order valence-electron chi connectivity index (χ3n) is 2.98. The van der Waals surface area contributed by atoms with Crippen molar-refractivity contribution in [3.05, 3.63) is 41.1 Å². The fourth-order valence-electron chi connectivity index (χ4n) is 2.07. The molecule has 1 aromatic rings. The summed E-state index contributed by atoms with van der Waals surface area (Å²) in [6, 6.07) is 7.07. The highest BCUT2D eigenvalue weighted by molar-refractivity contribution is 7.80. The van der Waals surface area contributed by atoms with Crippen LogP contribution in [0.4, 0.5) is 0 Å². The highest BCUT2D eigenvalue weighted by Gasteiger charge is 2.28. The number of methoxy groups -OCH3 is 1. The lowest BCUT2D eigenvalue weighted by Crippen LogP contribution is -2.46. The van der Waals surface area contributed by atoms with Gasteiger partial charge in [-0.05, 0) is 36.8 Å². The standard InChI is InChI=1S/C13H15N3O2S/c1-7-10(12(14)17)11(16-13(19)15-7)8-3-5-9(18-2)6-4-8/h3-6,11H,1-2H3,(H2,14,17)(H2,15,16,19)/t11-/m0/s1. The Labute approximate surface area is 116 Å². The first kappa shape index (κ1) is 13.4. The fourth-order valence-corrected chi connectivity index (χ4v) is 2.34. The van der Waals surface area contributed by atoms with Crippen molar-refractivity contribution < 1.29 is 9.53 Å². The maximum Gasteiger partial charge on any atom is 0.248 e. The van der Waals surface area contributed by atoms with Crippen LogP contribution < -0.4 is 21.1 Å². The summed E-state index contributed by atoms with van der Waals surface area (Å²) in [5, 5.41) is 6.44. The maximum atomic E-state index is 11.6. The monoisotopic (exact) mass is 277 g/mol. The molecule has 19 heavy (non-hydrogen) atoms. The van der Waals surface area contributed by atoms with E-state index in [1.807, 2.05) is 24.3 Å². The number of carbonyl (C=O) groups excluding carboxylic acids is 1. The van der Waals surface area contributed by atoms with Crippen molar-refractivity contribution in [1.29, 1.82) is 0 Å². The lowest BCUT2D eigenvalue weighted by Gasteiger charge is -2.29. The van der Waals surface area contributed by atoms with E-state index in [0.717, 1.165) is 11.3 Å². The Balaban J connectivity index is 2.42. The molecule has 0 saturated heterocycles. The second-order valence-corrected chi connectivity index (χ2v) is 4.62. The topological polar surface area (TPSA) is 76.4 Å². The van der Waals surface area contributed by atoms with Gasteiger partial charge >= 0.3 is 0 Å². The third kappa shape index (κ3) is 2.68. The minimum absolute atomic E-state index is 0.336. The van der Waals surface area contributed by atoms with Gasteiger partial charge in [-0.15, -0.1) is 0 Å². The Kier molecular flexibility index (Phi) is 3.71. The van der Waals surface area contributed by atoms with Crippen LogP contribution in [0.2, 0.25) is 0 Å². The normalized spacial score (nSPS) is 18.6. The highest BCUT2D eigenvalue weighted by Crippen LogP contribution is 2.27. The molecule has 0 unspecified atom stereocenters. The summed E-state index contributed by atoms with van der Waals surface area (Å²) < 4.78 is 5.11. The van der Waals surface area contributed by atoms with E-state index in [0.29, 0.717) is 16.4 Å². The number of primary amides is 1. The zero-order chi connectivity index (χ0) is 14.0. The summed E-state index contributed by atoms with van der Waals surface area (Å²) >= 11 is 5.11.